The van der Waals surface area contributed by atoms with Crippen molar-refractivity contribution in [1.29, 1.82) is 0 Å². The third-order valence-corrected chi connectivity index (χ3v) is 5.13. The van der Waals surface area contributed by atoms with Gasteiger partial charge < -0.3 is 9.84 Å². The fraction of sp³-hybridized carbons (Fsp3) is 0.412. The molecule has 0 heterocycles. The molecule has 0 aromatic heterocycles. The van der Waals surface area contributed by atoms with Gasteiger partial charge in [0.2, 0.25) is 0 Å². The molecule has 0 radical (unpaired) electrons. The second kappa shape index (κ2) is 4.94. The summed E-state index contributed by atoms with van der Waals surface area (Å²) in [6, 6.07) is 11.8. The van der Waals surface area contributed by atoms with Gasteiger partial charge in [0, 0.05) is 27.6 Å². The molecule has 1 aliphatic rings. The number of benzene rings is 2. The van der Waals surface area contributed by atoms with E-state index in [9.17, 15) is 5.11 Å². The van der Waals surface area contributed by atoms with E-state index in [4.69, 9.17) is 16.3 Å². The van der Waals surface area contributed by atoms with Crippen LogP contribution in [-0.2, 0) is 0 Å². The summed E-state index contributed by atoms with van der Waals surface area (Å²) in [5.74, 6) is 0.849. The van der Waals surface area contributed by atoms with Gasteiger partial charge in [0.1, 0.15) is 11.9 Å². The van der Waals surface area contributed by atoms with Crippen molar-refractivity contribution in [3.05, 3.63) is 41.4 Å². The van der Waals surface area contributed by atoms with Gasteiger partial charge in [-0.3, -0.25) is 0 Å². The second-order valence-electron chi connectivity index (χ2n) is 5.81. The Kier molecular flexibility index (Phi) is 3.39. The van der Waals surface area contributed by atoms with Crippen LogP contribution in [0.5, 0.6) is 5.75 Å². The topological polar surface area (TPSA) is 29.5 Å². The van der Waals surface area contributed by atoms with Gasteiger partial charge in [-0.15, -0.1) is 0 Å². The third-order valence-electron chi connectivity index (χ3n) is 4.80. The number of rotatable bonds is 3. The molecule has 3 rings (SSSR count). The van der Waals surface area contributed by atoms with Crippen LogP contribution in [0.4, 0.5) is 0 Å². The molecule has 1 aliphatic carbocycles. The molecular weight excluding hydrogens is 272 g/mol. The summed E-state index contributed by atoms with van der Waals surface area (Å²) < 4.78 is 6.18. The molecule has 1 fully saturated rings. The zero-order valence-electron chi connectivity index (χ0n) is 11.8. The Morgan fingerprint density at radius 2 is 1.95 bits per heavy atom. The van der Waals surface area contributed by atoms with E-state index in [2.05, 4.69) is 13.8 Å². The molecule has 0 saturated heterocycles. The van der Waals surface area contributed by atoms with Crippen LogP contribution in [0.25, 0.3) is 10.8 Å². The SMILES string of the molecule is CCC1(C)C(O)CC1Oc1ccc(Cl)c2ccccc12. The summed E-state index contributed by atoms with van der Waals surface area (Å²) in [6.45, 7) is 4.18. The fourth-order valence-corrected chi connectivity index (χ4v) is 3.16. The summed E-state index contributed by atoms with van der Waals surface area (Å²) in [5.41, 5.74) is -0.152. The maximum atomic E-state index is 9.97. The van der Waals surface area contributed by atoms with Crippen molar-refractivity contribution < 1.29 is 9.84 Å². The van der Waals surface area contributed by atoms with Crippen LogP contribution in [0, 0.1) is 5.41 Å². The Morgan fingerprint density at radius 3 is 2.60 bits per heavy atom. The molecule has 1 N–H and O–H groups in total. The molecule has 106 valence electrons. The molecular formula is C17H19ClO2. The lowest BCUT2D eigenvalue weighted by Gasteiger charge is -2.50. The van der Waals surface area contributed by atoms with Crippen LogP contribution in [0.15, 0.2) is 36.4 Å². The number of hydrogen-bond donors (Lipinski definition) is 1. The van der Waals surface area contributed by atoms with Gasteiger partial charge in [-0.1, -0.05) is 49.7 Å². The maximum Gasteiger partial charge on any atom is 0.127 e. The van der Waals surface area contributed by atoms with Crippen LogP contribution >= 0.6 is 11.6 Å². The van der Waals surface area contributed by atoms with Crippen molar-refractivity contribution in [3.63, 3.8) is 0 Å². The first-order valence-corrected chi connectivity index (χ1v) is 7.46. The minimum Gasteiger partial charge on any atom is -0.489 e. The maximum absolute atomic E-state index is 9.97. The summed E-state index contributed by atoms with van der Waals surface area (Å²) in [6.07, 6.45) is 1.40. The first-order valence-electron chi connectivity index (χ1n) is 7.08. The number of ether oxygens (including phenoxy) is 1. The lowest BCUT2D eigenvalue weighted by Crippen LogP contribution is -2.57. The lowest BCUT2D eigenvalue weighted by atomic mass is 9.63. The van der Waals surface area contributed by atoms with Gasteiger partial charge in [0.15, 0.2) is 0 Å². The van der Waals surface area contributed by atoms with Gasteiger partial charge in [0.25, 0.3) is 0 Å². The van der Waals surface area contributed by atoms with Crippen LogP contribution < -0.4 is 4.74 Å². The molecule has 0 spiro atoms. The van der Waals surface area contributed by atoms with E-state index in [0.717, 1.165) is 28.0 Å². The van der Waals surface area contributed by atoms with E-state index in [-0.39, 0.29) is 17.6 Å². The van der Waals surface area contributed by atoms with Crippen molar-refractivity contribution in [2.24, 2.45) is 5.41 Å². The number of fused-ring (bicyclic) bond motifs is 1. The highest BCUT2D eigenvalue weighted by Crippen LogP contribution is 2.47. The van der Waals surface area contributed by atoms with E-state index < -0.39 is 0 Å². The van der Waals surface area contributed by atoms with Crippen LogP contribution in [-0.4, -0.2) is 17.3 Å². The first kappa shape index (κ1) is 13.7. The quantitative estimate of drug-likeness (QED) is 0.906. The van der Waals surface area contributed by atoms with Crippen LogP contribution in [0.3, 0.4) is 0 Å². The minimum absolute atomic E-state index is 0.0621. The van der Waals surface area contributed by atoms with Crippen molar-refractivity contribution in [3.8, 4) is 5.75 Å². The van der Waals surface area contributed by atoms with E-state index in [0.29, 0.717) is 6.42 Å². The van der Waals surface area contributed by atoms with E-state index in [1.54, 1.807) is 0 Å². The Labute approximate surface area is 124 Å². The molecule has 2 aromatic rings. The zero-order chi connectivity index (χ0) is 14.3. The normalized spacial score (nSPS) is 29.2. The largest absolute Gasteiger partial charge is 0.489 e. The molecule has 2 aromatic carbocycles. The zero-order valence-corrected chi connectivity index (χ0v) is 12.5. The van der Waals surface area contributed by atoms with Crippen LogP contribution in [0.1, 0.15) is 26.7 Å². The lowest BCUT2D eigenvalue weighted by molar-refractivity contribution is -0.146. The second-order valence-corrected chi connectivity index (χ2v) is 6.22. The summed E-state index contributed by atoms with van der Waals surface area (Å²) in [5, 5.41) is 12.7. The molecule has 0 bridgehead atoms. The highest BCUT2D eigenvalue weighted by atomic mass is 35.5. The minimum atomic E-state index is -0.268. The predicted octanol–water partition coefficient (Wildman–Crippen LogP) is 4.42. The smallest absolute Gasteiger partial charge is 0.127 e. The van der Waals surface area contributed by atoms with E-state index in [1.807, 2.05) is 36.4 Å². The fourth-order valence-electron chi connectivity index (χ4n) is 2.93. The standard InChI is InChI=1S/C17H19ClO2/c1-3-17(2)15(19)10-16(17)20-14-9-8-13(18)11-6-4-5-7-12(11)14/h4-9,15-16,19H,3,10H2,1-2H3. The van der Waals surface area contributed by atoms with Gasteiger partial charge in [-0.25, -0.2) is 0 Å². The predicted molar refractivity (Wildman–Crippen MR) is 82.4 cm³/mol. The van der Waals surface area contributed by atoms with Crippen molar-refractivity contribution >= 4 is 22.4 Å². The van der Waals surface area contributed by atoms with E-state index >= 15 is 0 Å². The molecule has 20 heavy (non-hydrogen) atoms. The highest BCUT2D eigenvalue weighted by Gasteiger charge is 2.51. The summed E-state index contributed by atoms with van der Waals surface area (Å²) in [4.78, 5) is 0. The van der Waals surface area contributed by atoms with Crippen LogP contribution in [0.2, 0.25) is 5.02 Å². The number of halogens is 1. The van der Waals surface area contributed by atoms with Crippen molar-refractivity contribution in [1.82, 2.24) is 0 Å². The van der Waals surface area contributed by atoms with Gasteiger partial charge in [-0.2, -0.15) is 0 Å². The van der Waals surface area contributed by atoms with E-state index in [1.165, 1.54) is 0 Å². The Bertz CT molecular complexity index is 640. The Morgan fingerprint density at radius 1 is 1.25 bits per heavy atom. The average molecular weight is 291 g/mol. The van der Waals surface area contributed by atoms with Gasteiger partial charge in [0.05, 0.1) is 6.10 Å². The molecule has 0 aliphatic heterocycles. The molecule has 0 amide bonds. The first-order chi connectivity index (χ1) is 9.56. The van der Waals surface area contributed by atoms with Gasteiger partial charge in [-0.05, 0) is 18.6 Å². The molecule has 2 nitrogen and oxygen atoms in total. The average Bonchev–Trinajstić information content (AvgIpc) is 2.48. The summed E-state index contributed by atoms with van der Waals surface area (Å²) >= 11 is 6.22. The highest BCUT2D eigenvalue weighted by molar-refractivity contribution is 6.35. The molecule has 3 heteroatoms. The molecule has 3 atom stereocenters. The third kappa shape index (κ3) is 1.99. The number of aliphatic hydroxyl groups excluding tert-OH is 1. The Hall–Kier alpha value is -1.25. The number of aliphatic hydroxyl groups is 1. The summed E-state index contributed by atoms with van der Waals surface area (Å²) in [7, 11) is 0. The Balaban J connectivity index is 1.95. The van der Waals surface area contributed by atoms with Crippen molar-refractivity contribution in [2.45, 2.75) is 38.9 Å². The van der Waals surface area contributed by atoms with Gasteiger partial charge >= 0.3 is 0 Å². The monoisotopic (exact) mass is 290 g/mol. The molecule has 3 unspecified atom stereocenters. The van der Waals surface area contributed by atoms with Crippen molar-refractivity contribution in [2.75, 3.05) is 0 Å². The number of hydrogen-bond acceptors (Lipinski definition) is 2. The molecule has 1 saturated carbocycles.